The summed E-state index contributed by atoms with van der Waals surface area (Å²) >= 11 is 1.76. The zero-order valence-corrected chi connectivity index (χ0v) is 12.4. The quantitative estimate of drug-likeness (QED) is 0.728. The Morgan fingerprint density at radius 3 is 2.85 bits per heavy atom. The summed E-state index contributed by atoms with van der Waals surface area (Å²) in [6.45, 7) is 4.20. The van der Waals surface area contributed by atoms with Crippen LogP contribution in [0.5, 0.6) is 0 Å². The summed E-state index contributed by atoms with van der Waals surface area (Å²) in [5.41, 5.74) is 4.00. The van der Waals surface area contributed by atoms with E-state index in [2.05, 4.69) is 32.0 Å². The number of pyridine rings is 1. The van der Waals surface area contributed by atoms with Crippen LogP contribution >= 0.6 is 11.3 Å². The second kappa shape index (κ2) is 5.10. The van der Waals surface area contributed by atoms with E-state index in [4.69, 9.17) is 10.2 Å². The molecule has 0 fully saturated rings. The largest absolute Gasteiger partial charge is 0.302 e. The van der Waals surface area contributed by atoms with Crippen LogP contribution in [-0.4, -0.2) is 9.38 Å². The van der Waals surface area contributed by atoms with Gasteiger partial charge in [-0.1, -0.05) is 13.0 Å². The first-order valence-electron chi connectivity index (χ1n) is 6.66. The molecule has 20 heavy (non-hydrogen) atoms. The molecule has 4 heteroatoms. The van der Waals surface area contributed by atoms with Gasteiger partial charge in [0, 0.05) is 11.1 Å². The zero-order chi connectivity index (χ0) is 14.1. The van der Waals surface area contributed by atoms with Crippen molar-refractivity contribution < 1.29 is 0 Å². The van der Waals surface area contributed by atoms with Crippen LogP contribution in [0.2, 0.25) is 0 Å². The van der Waals surface area contributed by atoms with E-state index in [1.54, 1.807) is 11.3 Å². The summed E-state index contributed by atoms with van der Waals surface area (Å²) in [5.74, 6) is 0. The van der Waals surface area contributed by atoms with Crippen molar-refractivity contribution in [2.24, 2.45) is 0 Å². The monoisotopic (exact) mass is 281 g/mol. The van der Waals surface area contributed by atoms with Crippen molar-refractivity contribution >= 4 is 17.0 Å². The maximum absolute atomic E-state index is 9.10. The van der Waals surface area contributed by atoms with E-state index in [9.17, 15) is 0 Å². The van der Waals surface area contributed by atoms with Crippen LogP contribution < -0.4 is 0 Å². The lowest BCUT2D eigenvalue weighted by Crippen LogP contribution is -1.93. The third-order valence-electron chi connectivity index (χ3n) is 3.36. The summed E-state index contributed by atoms with van der Waals surface area (Å²) in [6.07, 6.45) is 3.46. The zero-order valence-electron chi connectivity index (χ0n) is 11.6. The fraction of sp³-hybridized carbons (Fsp3) is 0.250. The summed E-state index contributed by atoms with van der Waals surface area (Å²) in [7, 11) is 0. The van der Waals surface area contributed by atoms with Gasteiger partial charge in [0.1, 0.15) is 11.3 Å². The van der Waals surface area contributed by atoms with Gasteiger partial charge in [-0.05, 0) is 37.1 Å². The van der Waals surface area contributed by atoms with E-state index >= 15 is 0 Å². The van der Waals surface area contributed by atoms with Gasteiger partial charge in [-0.2, -0.15) is 5.26 Å². The van der Waals surface area contributed by atoms with Gasteiger partial charge >= 0.3 is 0 Å². The highest BCUT2D eigenvalue weighted by atomic mass is 32.1. The molecule has 3 aromatic rings. The molecule has 0 N–H and O–H groups in total. The lowest BCUT2D eigenvalue weighted by Gasteiger charge is -2.00. The molecule has 0 saturated carbocycles. The third-order valence-corrected chi connectivity index (χ3v) is 4.59. The summed E-state index contributed by atoms with van der Waals surface area (Å²) in [4.78, 5) is 7.20. The summed E-state index contributed by atoms with van der Waals surface area (Å²) < 4.78 is 2.04. The van der Waals surface area contributed by atoms with E-state index in [1.807, 2.05) is 22.7 Å². The Morgan fingerprint density at radius 2 is 2.15 bits per heavy atom. The fourth-order valence-electron chi connectivity index (χ4n) is 2.34. The van der Waals surface area contributed by atoms with Gasteiger partial charge in [-0.25, -0.2) is 4.98 Å². The van der Waals surface area contributed by atoms with Gasteiger partial charge in [-0.15, -0.1) is 11.3 Å². The van der Waals surface area contributed by atoms with Gasteiger partial charge < -0.3 is 4.40 Å². The Morgan fingerprint density at radius 1 is 1.30 bits per heavy atom. The normalized spacial score (nSPS) is 10.8. The van der Waals surface area contributed by atoms with Gasteiger partial charge in [0.25, 0.3) is 0 Å². The first-order valence-corrected chi connectivity index (χ1v) is 7.48. The molecule has 0 aromatic carbocycles. The van der Waals surface area contributed by atoms with E-state index < -0.39 is 0 Å². The maximum Gasteiger partial charge on any atom is 0.137 e. The molecule has 0 spiro atoms. The number of aryl methyl sites for hydroxylation is 2. The van der Waals surface area contributed by atoms with Crippen molar-refractivity contribution in [3.8, 4) is 16.6 Å². The minimum atomic E-state index is 0.374. The van der Waals surface area contributed by atoms with Crippen LogP contribution in [0.4, 0.5) is 0 Å². The molecule has 3 nitrogen and oxygen atoms in total. The topological polar surface area (TPSA) is 41.1 Å². The predicted molar refractivity (Wildman–Crippen MR) is 81.9 cm³/mol. The van der Waals surface area contributed by atoms with Crippen molar-refractivity contribution in [1.29, 1.82) is 5.26 Å². The number of rotatable bonds is 3. The smallest absolute Gasteiger partial charge is 0.137 e. The number of thiophene rings is 1. The Balaban J connectivity index is 2.23. The average Bonchev–Trinajstić information content (AvgIpc) is 3.04. The lowest BCUT2D eigenvalue weighted by molar-refractivity contribution is 1.04. The van der Waals surface area contributed by atoms with E-state index in [0.29, 0.717) is 6.42 Å². The molecule has 0 saturated heterocycles. The number of hydrogen-bond donors (Lipinski definition) is 0. The second-order valence-electron chi connectivity index (χ2n) is 4.80. The molecule has 0 unspecified atom stereocenters. The number of hydrogen-bond acceptors (Lipinski definition) is 3. The molecule has 0 aliphatic carbocycles. The fourth-order valence-corrected chi connectivity index (χ4v) is 3.29. The van der Waals surface area contributed by atoms with Crippen molar-refractivity contribution in [2.75, 3.05) is 0 Å². The van der Waals surface area contributed by atoms with Gasteiger partial charge in [0.2, 0.25) is 0 Å². The Bertz CT molecular complexity index is 805. The Kier molecular flexibility index (Phi) is 3.29. The number of aromatic nitrogens is 2. The van der Waals surface area contributed by atoms with E-state index in [-0.39, 0.29) is 0 Å². The van der Waals surface area contributed by atoms with E-state index in [0.717, 1.165) is 28.3 Å². The Hall–Kier alpha value is -2.12. The predicted octanol–water partition coefficient (Wildman–Crippen LogP) is 4.00. The lowest BCUT2D eigenvalue weighted by atomic mass is 10.2. The van der Waals surface area contributed by atoms with Crippen molar-refractivity contribution in [1.82, 2.24) is 9.38 Å². The maximum atomic E-state index is 9.10. The molecule has 0 bridgehead atoms. The molecule has 0 aliphatic heterocycles. The molecule has 3 aromatic heterocycles. The molecule has 3 heterocycles. The van der Waals surface area contributed by atoms with Gasteiger partial charge in [0.05, 0.1) is 23.1 Å². The van der Waals surface area contributed by atoms with Crippen LogP contribution in [0.1, 0.15) is 23.1 Å². The van der Waals surface area contributed by atoms with Crippen LogP contribution in [0, 0.1) is 18.3 Å². The summed E-state index contributed by atoms with van der Waals surface area (Å²) in [6, 6.07) is 10.6. The molecule has 0 amide bonds. The third kappa shape index (κ3) is 2.10. The van der Waals surface area contributed by atoms with Crippen molar-refractivity contribution in [2.45, 2.75) is 26.7 Å². The van der Waals surface area contributed by atoms with E-state index in [1.165, 1.54) is 10.4 Å². The van der Waals surface area contributed by atoms with Crippen LogP contribution in [0.25, 0.3) is 16.2 Å². The molecule has 0 radical (unpaired) electrons. The van der Waals surface area contributed by atoms with Gasteiger partial charge in [-0.3, -0.25) is 0 Å². The molecule has 3 rings (SSSR count). The standard InChI is InChI=1S/C16H15N3S/c1-3-12-5-6-14(20-12)16-13(8-9-17)19-10-11(2)4-7-15(19)18-16/h4-7,10H,3,8H2,1-2H3. The number of nitrogens with zero attached hydrogens (tertiary/aromatic N) is 3. The Labute approximate surface area is 122 Å². The second-order valence-corrected chi connectivity index (χ2v) is 5.96. The van der Waals surface area contributed by atoms with Crippen LogP contribution in [0.15, 0.2) is 30.5 Å². The number of fused-ring (bicyclic) bond motifs is 1. The van der Waals surface area contributed by atoms with Gasteiger partial charge in [0.15, 0.2) is 0 Å². The highest BCUT2D eigenvalue weighted by molar-refractivity contribution is 7.15. The first kappa shape index (κ1) is 12.9. The minimum Gasteiger partial charge on any atom is -0.302 e. The van der Waals surface area contributed by atoms with Crippen molar-refractivity contribution in [3.05, 3.63) is 46.6 Å². The first-order chi connectivity index (χ1) is 9.72. The molecule has 100 valence electrons. The number of nitriles is 1. The molecular weight excluding hydrogens is 266 g/mol. The SMILES string of the molecule is CCc1ccc(-c2nc3ccc(C)cn3c2CC#N)s1. The average molecular weight is 281 g/mol. The molecular formula is C16H15N3S. The highest BCUT2D eigenvalue weighted by Gasteiger charge is 2.15. The van der Waals surface area contributed by atoms with Crippen LogP contribution in [0.3, 0.4) is 0 Å². The molecule has 0 atom stereocenters. The number of imidazole rings is 1. The summed E-state index contributed by atoms with van der Waals surface area (Å²) in [5, 5.41) is 9.10. The van der Waals surface area contributed by atoms with Crippen LogP contribution in [-0.2, 0) is 12.8 Å². The molecule has 0 aliphatic rings. The minimum absolute atomic E-state index is 0.374. The highest BCUT2D eigenvalue weighted by Crippen LogP contribution is 2.31. The van der Waals surface area contributed by atoms with Crippen molar-refractivity contribution in [3.63, 3.8) is 0 Å².